The molecule has 0 fully saturated rings. The molecule has 0 aromatic carbocycles. The Morgan fingerprint density at radius 2 is 0.667 bits per heavy atom. The van der Waals surface area contributed by atoms with Gasteiger partial charge in [0, 0.05) is 17.4 Å². The van der Waals surface area contributed by atoms with Crippen LogP contribution in [0.3, 0.4) is 0 Å². The molecule has 0 aliphatic heterocycles. The number of hydrogen-bond acceptors (Lipinski definition) is 8. The van der Waals surface area contributed by atoms with Gasteiger partial charge in [0.1, 0.15) is 0 Å². The van der Waals surface area contributed by atoms with Crippen molar-refractivity contribution in [3.8, 4) is 0 Å². The molecule has 0 saturated carbocycles. The van der Waals surface area contributed by atoms with Gasteiger partial charge in [0.15, 0.2) is 0 Å². The average molecular weight is 455 g/mol. The second kappa shape index (κ2) is 20.2. The fraction of sp³-hybridized carbons (Fsp3) is 0. The van der Waals surface area contributed by atoms with Gasteiger partial charge < -0.3 is 41.3 Å². The molecule has 3 radical (unpaired) electrons. The predicted molar refractivity (Wildman–Crippen MR) is 28.9 cm³/mol. The van der Waals surface area contributed by atoms with E-state index < -0.39 is 15.6 Å². The first kappa shape index (κ1) is 42.8. The number of hydrogen-bond donors (Lipinski definition) is 0. The molecule has 15 heavy (non-hydrogen) atoms. The molecule has 0 rings (SSSR count). The van der Waals surface area contributed by atoms with Gasteiger partial charge in [-0.3, -0.25) is 0 Å². The molecule has 0 unspecified atom stereocenters. The molecule has 0 aliphatic carbocycles. The van der Waals surface area contributed by atoms with Crippen molar-refractivity contribution in [2.75, 3.05) is 0 Å². The van der Waals surface area contributed by atoms with E-state index in [-0.39, 0.29) is 116 Å². The van der Waals surface area contributed by atoms with Gasteiger partial charge in [-0.05, 0) is 0 Å². The van der Waals surface area contributed by atoms with E-state index in [1.165, 1.54) is 0 Å². The first-order chi connectivity index (χ1) is 4.00. The average Bonchev–Trinajstić information content (AvgIpc) is 1.12. The smallest absolute Gasteiger partial charge is 1.00 e. The van der Waals surface area contributed by atoms with Gasteiger partial charge in [-0.1, -0.05) is 0 Å². The Balaban J connectivity index is -0.00000000762. The Bertz CT molecular complexity index is 149. The van der Waals surface area contributed by atoms with Crippen LogP contribution in [0.15, 0.2) is 0 Å². The summed E-state index contributed by atoms with van der Waals surface area (Å²) in [6.07, 6.45) is 0. The monoisotopic (exact) mass is 451 g/mol. The van der Waals surface area contributed by atoms with E-state index >= 15 is 0 Å². The maximum atomic E-state index is 8.55. The minimum atomic E-state index is -5.39. The van der Waals surface area contributed by atoms with Gasteiger partial charge in [0.25, 0.3) is 0 Å². The van der Waals surface area contributed by atoms with Crippen LogP contribution >= 0.6 is 15.6 Å². The van der Waals surface area contributed by atoms with Gasteiger partial charge in [0.05, 0.1) is 0 Å². The van der Waals surface area contributed by atoms with Crippen LogP contribution in [0.4, 0.5) is 0 Å². The van der Waals surface area contributed by atoms with Gasteiger partial charge in [-0.2, -0.15) is 15.6 Å². The molecule has 71 valence electrons. The van der Waals surface area contributed by atoms with Crippen molar-refractivity contribution in [3.05, 3.63) is 0 Å². The summed E-state index contributed by atoms with van der Waals surface area (Å²) >= 11 is 0. The van der Waals surface area contributed by atoms with Crippen molar-refractivity contribution >= 4 is 70.7 Å². The molecule has 15 heteroatoms. The summed E-state index contributed by atoms with van der Waals surface area (Å²) in [6.45, 7) is 0. The third-order valence-corrected chi connectivity index (χ3v) is 0. The summed E-state index contributed by atoms with van der Waals surface area (Å²) in [5, 5.41) is 0. The van der Waals surface area contributed by atoms with Crippen LogP contribution < -0.4 is 29.4 Å². The van der Waals surface area contributed by atoms with E-state index in [9.17, 15) is 0 Å². The van der Waals surface area contributed by atoms with Crippen LogP contribution in [0.2, 0.25) is 0 Å². The standard InChI is InChI=1S/Al.Ca.2H3O4P.3Zn.2H/c;;2*1-5(2,3)4;;;;;/h;;2*(H3,1,2,3,4);;;;;/q;+2;;;3*+2;2*-1/p-6. The molecule has 0 spiro atoms. The van der Waals surface area contributed by atoms with Crippen LogP contribution in [0.5, 0.6) is 0 Å². The molecule has 0 aromatic heterocycles. The molecule has 0 saturated heterocycles. The van der Waals surface area contributed by atoms with Crippen molar-refractivity contribution in [2.24, 2.45) is 0 Å². The zero-order chi connectivity index (χ0) is 9.00. The fourth-order valence-electron chi connectivity index (χ4n) is 0. The number of phosphoric acid groups is 2. The van der Waals surface area contributed by atoms with E-state index in [2.05, 4.69) is 0 Å². The quantitative estimate of drug-likeness (QED) is 0.256. The van der Waals surface area contributed by atoms with Crippen LogP contribution in [0, 0.1) is 0 Å². The summed E-state index contributed by atoms with van der Waals surface area (Å²) in [7, 11) is -10.8. The fourth-order valence-corrected chi connectivity index (χ4v) is 0. The largest absolute Gasteiger partial charge is 2.00 e. The van der Waals surface area contributed by atoms with E-state index in [0.29, 0.717) is 0 Å². The van der Waals surface area contributed by atoms with Crippen molar-refractivity contribution in [1.29, 1.82) is 0 Å². The minimum absolute atomic E-state index is 0. The van der Waals surface area contributed by atoms with E-state index in [1.54, 1.807) is 0 Å². The Morgan fingerprint density at radius 1 is 0.667 bits per heavy atom. The molecule has 0 aromatic rings. The maximum absolute atomic E-state index is 8.55. The Kier molecular flexibility index (Phi) is 57.6. The molecule has 0 atom stereocenters. The van der Waals surface area contributed by atoms with Gasteiger partial charge in [-0.25, -0.2) is 0 Å². The molecular weight excluding hydrogens is 453 g/mol. The van der Waals surface area contributed by atoms with E-state index in [0.717, 1.165) is 0 Å². The van der Waals surface area contributed by atoms with Crippen molar-refractivity contribution in [3.63, 3.8) is 0 Å². The zero-order valence-corrected chi connectivity index (χ0v) is 21.6. The second-order valence-corrected chi connectivity index (χ2v) is 2.68. The maximum Gasteiger partial charge on any atom is 2.00 e. The predicted octanol–water partition coefficient (Wildman–Crippen LogP) is -6.19. The summed E-state index contributed by atoms with van der Waals surface area (Å²) in [5.41, 5.74) is 0. The zero-order valence-electron chi connectivity index (χ0n) is 9.57. The van der Waals surface area contributed by atoms with Crippen LogP contribution in [0.1, 0.15) is 2.85 Å². The van der Waals surface area contributed by atoms with Gasteiger partial charge in [0.2, 0.25) is 0 Å². The Labute approximate surface area is 168 Å². The molecule has 0 N–H and O–H groups in total. The SMILES string of the molecule is O=P([O-])([O-])[O-].O=P([O-])([O-])[O-].[Al].[Ca+2].[H-].[H-].[Zn+2].[Zn+2].[Zn+2]. The molecular formula is H2AlCaO8P2Zn3. The van der Waals surface area contributed by atoms with Gasteiger partial charge in [-0.15, -0.1) is 0 Å². The number of rotatable bonds is 0. The molecule has 0 heterocycles. The molecule has 0 amide bonds. The molecule has 8 nitrogen and oxygen atoms in total. The van der Waals surface area contributed by atoms with Crippen LogP contribution in [-0.4, -0.2) is 55.1 Å². The van der Waals surface area contributed by atoms with E-state index in [4.69, 9.17) is 38.5 Å². The third kappa shape index (κ3) is 299. The minimum Gasteiger partial charge on any atom is -1.00 e. The van der Waals surface area contributed by atoms with Crippen molar-refractivity contribution < 1.29 is 99.8 Å². The Hall–Kier alpha value is 3.88. The summed E-state index contributed by atoms with van der Waals surface area (Å²) in [5.74, 6) is 0. The summed E-state index contributed by atoms with van der Waals surface area (Å²) in [6, 6.07) is 0. The first-order valence-corrected chi connectivity index (χ1v) is 4.38. The van der Waals surface area contributed by atoms with Crippen LogP contribution in [0.25, 0.3) is 0 Å². The molecule has 0 bridgehead atoms. The normalized spacial score (nSPS) is 7.87. The van der Waals surface area contributed by atoms with Crippen LogP contribution in [-0.2, 0) is 67.6 Å². The summed E-state index contributed by atoms with van der Waals surface area (Å²) < 4.78 is 17.1. The first-order valence-electron chi connectivity index (χ1n) is 1.46. The summed E-state index contributed by atoms with van der Waals surface area (Å²) in [4.78, 5) is 51.3. The molecule has 0 aliphatic rings. The van der Waals surface area contributed by atoms with E-state index in [1.807, 2.05) is 0 Å². The van der Waals surface area contributed by atoms with Gasteiger partial charge >= 0.3 is 96.2 Å². The second-order valence-electron chi connectivity index (χ2n) is 0.894. The van der Waals surface area contributed by atoms with Crippen molar-refractivity contribution in [2.45, 2.75) is 0 Å². The van der Waals surface area contributed by atoms with Crippen molar-refractivity contribution in [1.82, 2.24) is 0 Å². The topological polar surface area (TPSA) is 172 Å². The third-order valence-electron chi connectivity index (χ3n) is 0. The Morgan fingerprint density at radius 3 is 0.667 bits per heavy atom.